The number of carbonyl (C=O) groups is 1. The van der Waals surface area contributed by atoms with Crippen LogP contribution in [-0.2, 0) is 0 Å². The fourth-order valence-corrected chi connectivity index (χ4v) is 2.63. The molecule has 6 nitrogen and oxygen atoms in total. The summed E-state index contributed by atoms with van der Waals surface area (Å²) in [7, 11) is 1.40. The van der Waals surface area contributed by atoms with E-state index >= 15 is 0 Å². The third kappa shape index (κ3) is 3.69. The van der Waals surface area contributed by atoms with Crippen LogP contribution in [0.4, 0.5) is 0 Å². The first-order valence-electron chi connectivity index (χ1n) is 6.48. The summed E-state index contributed by atoms with van der Waals surface area (Å²) in [5.41, 5.74) is 0.862. The molecule has 1 amide bonds. The van der Waals surface area contributed by atoms with Crippen molar-refractivity contribution in [2.75, 3.05) is 13.7 Å². The second-order valence-corrected chi connectivity index (χ2v) is 5.61. The Morgan fingerprint density at radius 1 is 1.57 bits per heavy atom. The van der Waals surface area contributed by atoms with Crippen molar-refractivity contribution in [1.82, 2.24) is 15.3 Å². The van der Waals surface area contributed by atoms with Gasteiger partial charge in [0.15, 0.2) is 5.75 Å². The van der Waals surface area contributed by atoms with Gasteiger partial charge in [-0.3, -0.25) is 9.59 Å². The first-order valence-corrected chi connectivity index (χ1v) is 7.36. The molecule has 0 unspecified atom stereocenters. The Labute approximate surface area is 126 Å². The molecule has 1 atom stereocenters. The molecular weight excluding hydrogens is 290 g/mol. The van der Waals surface area contributed by atoms with Crippen LogP contribution in [0.1, 0.15) is 34.0 Å². The minimum Gasteiger partial charge on any atom is -0.491 e. The van der Waals surface area contributed by atoms with Crippen LogP contribution in [0.3, 0.4) is 0 Å². The van der Waals surface area contributed by atoms with E-state index in [1.807, 2.05) is 19.2 Å². The zero-order valence-corrected chi connectivity index (χ0v) is 12.9. The van der Waals surface area contributed by atoms with Crippen molar-refractivity contribution >= 4 is 17.2 Å². The van der Waals surface area contributed by atoms with E-state index in [2.05, 4.69) is 15.3 Å². The van der Waals surface area contributed by atoms with Crippen LogP contribution in [0, 0.1) is 6.92 Å². The fourth-order valence-electron chi connectivity index (χ4n) is 1.78. The number of pyridine rings is 1. The smallest absolute Gasteiger partial charge is 0.267 e. The second kappa shape index (κ2) is 6.53. The Bertz CT molecular complexity index is 693. The predicted octanol–water partition coefficient (Wildman–Crippen LogP) is 1.68. The molecule has 0 aliphatic rings. The topological polar surface area (TPSA) is 84.1 Å². The highest BCUT2D eigenvalue weighted by Gasteiger charge is 2.13. The van der Waals surface area contributed by atoms with E-state index in [0.717, 1.165) is 10.7 Å². The number of rotatable bonds is 5. The lowest BCUT2D eigenvalue weighted by atomic mass is 10.2. The highest BCUT2D eigenvalue weighted by atomic mass is 32.1. The van der Waals surface area contributed by atoms with Crippen LogP contribution in [0.2, 0.25) is 0 Å². The van der Waals surface area contributed by atoms with E-state index in [0.29, 0.717) is 6.54 Å². The molecule has 0 aromatic carbocycles. The summed E-state index contributed by atoms with van der Waals surface area (Å²) >= 11 is 1.58. The Morgan fingerprint density at radius 2 is 2.33 bits per heavy atom. The third-order valence-electron chi connectivity index (χ3n) is 2.97. The number of nitrogens with zero attached hydrogens (tertiary/aromatic N) is 1. The minimum absolute atomic E-state index is 0.123. The van der Waals surface area contributed by atoms with Gasteiger partial charge in [0.2, 0.25) is 5.43 Å². The highest BCUT2D eigenvalue weighted by Crippen LogP contribution is 2.18. The number of nitrogens with one attached hydrogen (secondary N) is 2. The maximum atomic E-state index is 12.0. The summed E-state index contributed by atoms with van der Waals surface area (Å²) in [6.07, 6.45) is 1.38. The van der Waals surface area contributed by atoms with Crippen molar-refractivity contribution in [3.8, 4) is 5.75 Å². The van der Waals surface area contributed by atoms with Crippen LogP contribution >= 0.6 is 11.3 Å². The SMILES string of the molecule is COc1c[nH]c(C(=O)NC[C@H](C)c2nc(C)cs2)cc1=O. The second-order valence-electron chi connectivity index (χ2n) is 4.72. The van der Waals surface area contributed by atoms with E-state index in [-0.39, 0.29) is 28.7 Å². The number of amides is 1. The van der Waals surface area contributed by atoms with E-state index in [4.69, 9.17) is 4.74 Å². The van der Waals surface area contributed by atoms with Gasteiger partial charge in [-0.1, -0.05) is 6.92 Å². The number of aromatic amines is 1. The van der Waals surface area contributed by atoms with Crippen LogP contribution in [-0.4, -0.2) is 29.5 Å². The quantitative estimate of drug-likeness (QED) is 0.880. The molecule has 0 spiro atoms. The molecule has 112 valence electrons. The number of hydrogen-bond acceptors (Lipinski definition) is 5. The summed E-state index contributed by atoms with van der Waals surface area (Å²) in [5, 5.41) is 5.75. The fraction of sp³-hybridized carbons (Fsp3) is 0.357. The number of aryl methyl sites for hydroxylation is 1. The molecule has 0 radical (unpaired) electrons. The van der Waals surface area contributed by atoms with Crippen molar-refractivity contribution in [2.24, 2.45) is 0 Å². The van der Waals surface area contributed by atoms with Gasteiger partial charge in [0, 0.05) is 35.8 Å². The van der Waals surface area contributed by atoms with Gasteiger partial charge >= 0.3 is 0 Å². The van der Waals surface area contributed by atoms with Gasteiger partial charge in [0.1, 0.15) is 5.69 Å². The van der Waals surface area contributed by atoms with Crippen LogP contribution in [0.15, 0.2) is 22.4 Å². The number of H-pyrrole nitrogens is 1. The summed E-state index contributed by atoms with van der Waals surface area (Å²) in [6, 6.07) is 1.23. The summed E-state index contributed by atoms with van der Waals surface area (Å²) in [6.45, 7) is 4.39. The number of methoxy groups -OCH3 is 1. The normalized spacial score (nSPS) is 12.0. The molecule has 0 saturated heterocycles. The molecular formula is C14H17N3O3S. The number of ether oxygens (including phenoxy) is 1. The van der Waals surface area contributed by atoms with E-state index in [1.165, 1.54) is 19.4 Å². The molecule has 2 heterocycles. The summed E-state index contributed by atoms with van der Waals surface area (Å²) in [5.74, 6) is -0.0225. The lowest BCUT2D eigenvalue weighted by molar-refractivity contribution is 0.0946. The lowest BCUT2D eigenvalue weighted by Crippen LogP contribution is -2.29. The molecule has 0 aliphatic heterocycles. The first-order chi connectivity index (χ1) is 10.0. The number of aromatic nitrogens is 2. The van der Waals surface area contributed by atoms with Gasteiger partial charge in [-0.25, -0.2) is 4.98 Å². The van der Waals surface area contributed by atoms with Gasteiger partial charge in [-0.05, 0) is 6.92 Å². The van der Waals surface area contributed by atoms with Crippen LogP contribution in [0.25, 0.3) is 0 Å². The Hall–Kier alpha value is -2.15. The van der Waals surface area contributed by atoms with Gasteiger partial charge in [0.05, 0.1) is 12.1 Å². The van der Waals surface area contributed by atoms with Gasteiger partial charge in [-0.2, -0.15) is 0 Å². The van der Waals surface area contributed by atoms with Crippen molar-refractivity contribution in [3.05, 3.63) is 44.3 Å². The zero-order valence-electron chi connectivity index (χ0n) is 12.1. The number of carbonyl (C=O) groups excluding carboxylic acids is 1. The van der Waals surface area contributed by atoms with Crippen molar-refractivity contribution in [1.29, 1.82) is 0 Å². The Morgan fingerprint density at radius 3 is 2.90 bits per heavy atom. The molecule has 0 bridgehead atoms. The summed E-state index contributed by atoms with van der Waals surface area (Å²) in [4.78, 5) is 30.7. The predicted molar refractivity (Wildman–Crippen MR) is 81.2 cm³/mol. The first kappa shape index (κ1) is 15.2. The molecule has 2 aromatic heterocycles. The Balaban J connectivity index is 1.98. The molecule has 0 fully saturated rings. The molecule has 21 heavy (non-hydrogen) atoms. The highest BCUT2D eigenvalue weighted by molar-refractivity contribution is 7.09. The van der Waals surface area contributed by atoms with E-state index < -0.39 is 0 Å². The average Bonchev–Trinajstić information content (AvgIpc) is 2.91. The molecule has 2 N–H and O–H groups in total. The number of thiazole rings is 1. The van der Waals surface area contributed by atoms with Crippen molar-refractivity contribution in [3.63, 3.8) is 0 Å². The van der Waals surface area contributed by atoms with E-state index in [9.17, 15) is 9.59 Å². The monoisotopic (exact) mass is 307 g/mol. The zero-order chi connectivity index (χ0) is 15.4. The average molecular weight is 307 g/mol. The number of hydrogen-bond donors (Lipinski definition) is 2. The van der Waals surface area contributed by atoms with Crippen molar-refractivity contribution in [2.45, 2.75) is 19.8 Å². The van der Waals surface area contributed by atoms with E-state index in [1.54, 1.807) is 11.3 Å². The Kier molecular flexibility index (Phi) is 4.74. The standard InChI is InChI=1S/C14H17N3O3S/c1-8(14-17-9(2)7-21-14)5-16-13(19)10-4-11(18)12(20-3)6-15-10/h4,6-8H,5H2,1-3H3,(H,15,18)(H,16,19)/t8-/m0/s1. The van der Waals surface area contributed by atoms with Crippen molar-refractivity contribution < 1.29 is 9.53 Å². The maximum Gasteiger partial charge on any atom is 0.267 e. The van der Waals surface area contributed by atoms with Gasteiger partial charge in [0.25, 0.3) is 5.91 Å². The molecule has 0 saturated carbocycles. The third-order valence-corrected chi connectivity index (χ3v) is 4.16. The van der Waals surface area contributed by atoms with Crippen LogP contribution in [0.5, 0.6) is 5.75 Å². The molecule has 0 aliphatic carbocycles. The van der Waals surface area contributed by atoms with Crippen LogP contribution < -0.4 is 15.5 Å². The maximum absolute atomic E-state index is 12.0. The largest absolute Gasteiger partial charge is 0.491 e. The molecule has 2 rings (SSSR count). The van der Waals surface area contributed by atoms with Gasteiger partial charge < -0.3 is 15.0 Å². The van der Waals surface area contributed by atoms with Gasteiger partial charge in [-0.15, -0.1) is 11.3 Å². The molecule has 2 aromatic rings. The summed E-state index contributed by atoms with van der Waals surface area (Å²) < 4.78 is 4.86. The molecule has 7 heteroatoms. The lowest BCUT2D eigenvalue weighted by Gasteiger charge is -2.10. The minimum atomic E-state index is -0.329.